The first-order valence-corrected chi connectivity index (χ1v) is 11.5. The second-order valence-electron chi connectivity index (χ2n) is 8.32. The molecule has 1 aliphatic rings. The molecule has 4 N–H and O–H groups in total. The summed E-state index contributed by atoms with van der Waals surface area (Å²) in [7, 11) is 0. The van der Waals surface area contributed by atoms with Crippen LogP contribution >= 0.6 is 0 Å². The normalized spacial score (nSPS) is 29.1. The lowest BCUT2D eigenvalue weighted by atomic mass is 9.99. The first-order valence-electron chi connectivity index (χ1n) is 11.5. The van der Waals surface area contributed by atoms with E-state index in [4.69, 9.17) is 9.47 Å². The second kappa shape index (κ2) is 15.6. The predicted molar refractivity (Wildman–Crippen MR) is 110 cm³/mol. The highest BCUT2D eigenvalue weighted by atomic mass is 16.7. The Hall–Kier alpha value is -0.240. The van der Waals surface area contributed by atoms with E-state index in [-0.39, 0.29) is 6.10 Å². The van der Waals surface area contributed by atoms with Crippen LogP contribution in [0.2, 0.25) is 0 Å². The molecule has 28 heavy (non-hydrogen) atoms. The zero-order chi connectivity index (χ0) is 20.8. The third kappa shape index (κ3) is 9.99. The van der Waals surface area contributed by atoms with Gasteiger partial charge in [-0.05, 0) is 13.3 Å². The molecule has 0 aromatic rings. The van der Waals surface area contributed by atoms with Crippen molar-refractivity contribution in [2.24, 2.45) is 0 Å². The van der Waals surface area contributed by atoms with Gasteiger partial charge in [0.25, 0.3) is 0 Å². The molecule has 0 aromatic heterocycles. The van der Waals surface area contributed by atoms with Crippen LogP contribution in [0.4, 0.5) is 0 Å². The van der Waals surface area contributed by atoms with Gasteiger partial charge in [-0.15, -0.1) is 0 Å². The Morgan fingerprint density at radius 1 is 0.750 bits per heavy atom. The van der Waals surface area contributed by atoms with Crippen LogP contribution in [0.25, 0.3) is 0 Å². The average molecular weight is 405 g/mol. The van der Waals surface area contributed by atoms with E-state index in [1.54, 1.807) is 0 Å². The van der Waals surface area contributed by atoms with Gasteiger partial charge in [-0.3, -0.25) is 0 Å². The maximum atomic E-state index is 10.0. The summed E-state index contributed by atoms with van der Waals surface area (Å²) in [5, 5.41) is 38.8. The fourth-order valence-electron chi connectivity index (χ4n) is 3.75. The Balaban J connectivity index is 2.02. The number of unbranched alkanes of at least 4 members (excludes halogenated alkanes) is 11. The van der Waals surface area contributed by atoms with E-state index in [9.17, 15) is 20.4 Å². The molecular formula is C22H44O6. The van der Waals surface area contributed by atoms with Gasteiger partial charge < -0.3 is 29.9 Å². The Morgan fingerprint density at radius 3 is 1.75 bits per heavy atom. The van der Waals surface area contributed by atoms with Gasteiger partial charge in [-0.2, -0.15) is 0 Å². The molecular weight excluding hydrogens is 360 g/mol. The summed E-state index contributed by atoms with van der Waals surface area (Å²) in [6, 6.07) is 0. The van der Waals surface area contributed by atoms with Crippen LogP contribution in [0, 0.1) is 0 Å². The molecule has 0 radical (unpaired) electrons. The molecule has 1 aliphatic heterocycles. The first kappa shape index (κ1) is 25.8. The summed E-state index contributed by atoms with van der Waals surface area (Å²) in [5.41, 5.74) is 0. The Kier molecular flexibility index (Phi) is 14.4. The molecule has 0 saturated carbocycles. The van der Waals surface area contributed by atoms with Crippen molar-refractivity contribution < 1.29 is 29.9 Å². The Morgan fingerprint density at radius 2 is 1.25 bits per heavy atom. The summed E-state index contributed by atoms with van der Waals surface area (Å²) in [4.78, 5) is 0. The number of hydrogen-bond donors (Lipinski definition) is 4. The number of rotatable bonds is 16. The lowest BCUT2D eigenvalue weighted by Crippen LogP contribution is -2.59. The first-order chi connectivity index (χ1) is 13.5. The molecule has 6 nitrogen and oxygen atoms in total. The van der Waals surface area contributed by atoms with Gasteiger partial charge in [0.15, 0.2) is 6.29 Å². The number of aliphatic hydroxyl groups is 4. The lowest BCUT2D eigenvalue weighted by Gasteiger charge is -2.40. The van der Waals surface area contributed by atoms with Gasteiger partial charge in [-0.1, -0.05) is 84.0 Å². The lowest BCUT2D eigenvalue weighted by molar-refractivity contribution is -0.310. The van der Waals surface area contributed by atoms with Crippen LogP contribution in [0.15, 0.2) is 0 Å². The third-order valence-corrected chi connectivity index (χ3v) is 5.68. The van der Waals surface area contributed by atoms with Gasteiger partial charge in [0, 0.05) is 0 Å². The molecule has 1 heterocycles. The van der Waals surface area contributed by atoms with Crippen molar-refractivity contribution >= 4 is 0 Å². The summed E-state index contributed by atoms with van der Waals surface area (Å²) in [6.45, 7) is 3.74. The fraction of sp³-hybridized carbons (Fsp3) is 1.00. The van der Waals surface area contributed by atoms with Crippen molar-refractivity contribution in [1.82, 2.24) is 0 Å². The van der Waals surface area contributed by atoms with Gasteiger partial charge >= 0.3 is 0 Å². The second-order valence-corrected chi connectivity index (χ2v) is 8.32. The van der Waals surface area contributed by atoms with Crippen LogP contribution in [0.3, 0.4) is 0 Å². The van der Waals surface area contributed by atoms with Crippen molar-refractivity contribution in [3.63, 3.8) is 0 Å². The minimum absolute atomic E-state index is 0.121. The number of ether oxygens (including phenoxy) is 2. The smallest absolute Gasteiger partial charge is 0.186 e. The quantitative estimate of drug-likeness (QED) is 0.295. The SMILES string of the molecule is CCCCCCCCCCCCCCC(C)OC1O[C@H](CO)[C@@H](O)[C@H](O)[C@H]1O. The van der Waals surface area contributed by atoms with Gasteiger partial charge in [0.05, 0.1) is 12.7 Å². The van der Waals surface area contributed by atoms with E-state index in [0.717, 1.165) is 12.8 Å². The zero-order valence-electron chi connectivity index (χ0n) is 18.0. The maximum Gasteiger partial charge on any atom is 0.186 e. The Bertz CT molecular complexity index is 365. The average Bonchev–Trinajstić information content (AvgIpc) is 2.69. The molecule has 1 saturated heterocycles. The van der Waals surface area contributed by atoms with Crippen molar-refractivity contribution in [3.8, 4) is 0 Å². The van der Waals surface area contributed by atoms with Gasteiger partial charge in [-0.25, -0.2) is 0 Å². The van der Waals surface area contributed by atoms with E-state index in [2.05, 4.69) is 6.92 Å². The molecule has 0 aliphatic carbocycles. The molecule has 1 rings (SSSR count). The Labute approximate surface area is 171 Å². The van der Waals surface area contributed by atoms with Crippen LogP contribution < -0.4 is 0 Å². The zero-order valence-corrected chi connectivity index (χ0v) is 18.0. The van der Waals surface area contributed by atoms with E-state index >= 15 is 0 Å². The maximum absolute atomic E-state index is 10.0. The summed E-state index contributed by atoms with van der Waals surface area (Å²) >= 11 is 0. The van der Waals surface area contributed by atoms with Crippen molar-refractivity contribution in [3.05, 3.63) is 0 Å². The predicted octanol–water partition coefficient (Wildman–Crippen LogP) is 3.28. The summed E-state index contributed by atoms with van der Waals surface area (Å²) < 4.78 is 11.1. The molecule has 6 atom stereocenters. The summed E-state index contributed by atoms with van der Waals surface area (Å²) in [5.74, 6) is 0. The monoisotopic (exact) mass is 404 g/mol. The van der Waals surface area contributed by atoms with Gasteiger partial charge in [0.1, 0.15) is 24.4 Å². The van der Waals surface area contributed by atoms with Crippen molar-refractivity contribution in [1.29, 1.82) is 0 Å². The van der Waals surface area contributed by atoms with Crippen LogP contribution in [-0.4, -0.2) is 63.8 Å². The standard InChI is InChI=1S/C22H44O6/c1-3-4-5-6-7-8-9-10-11-12-13-14-15-17(2)27-22-21(26)20(25)19(24)18(16-23)28-22/h17-26H,3-16H2,1-2H3/t17?,18-,19-,20+,21-,22?/m1/s1. The third-order valence-electron chi connectivity index (χ3n) is 5.68. The minimum atomic E-state index is -1.38. The highest BCUT2D eigenvalue weighted by Crippen LogP contribution is 2.24. The molecule has 0 aromatic carbocycles. The van der Waals surface area contributed by atoms with Crippen LogP contribution in [0.1, 0.15) is 97.3 Å². The van der Waals surface area contributed by atoms with Crippen LogP contribution in [-0.2, 0) is 9.47 Å². The highest BCUT2D eigenvalue weighted by Gasteiger charge is 2.44. The minimum Gasteiger partial charge on any atom is -0.394 e. The van der Waals surface area contributed by atoms with Gasteiger partial charge in [0.2, 0.25) is 0 Å². The van der Waals surface area contributed by atoms with E-state index in [0.29, 0.717) is 0 Å². The fourth-order valence-corrected chi connectivity index (χ4v) is 3.75. The molecule has 6 heteroatoms. The van der Waals surface area contributed by atoms with Crippen molar-refractivity contribution in [2.75, 3.05) is 6.61 Å². The molecule has 0 spiro atoms. The highest BCUT2D eigenvalue weighted by molar-refractivity contribution is 4.89. The molecule has 168 valence electrons. The van der Waals surface area contributed by atoms with Crippen LogP contribution in [0.5, 0.6) is 0 Å². The topological polar surface area (TPSA) is 99.4 Å². The largest absolute Gasteiger partial charge is 0.394 e. The summed E-state index contributed by atoms with van der Waals surface area (Å²) in [6.07, 6.45) is 10.4. The van der Waals surface area contributed by atoms with E-state index in [1.165, 1.54) is 70.6 Å². The molecule has 2 unspecified atom stereocenters. The number of aliphatic hydroxyl groups excluding tert-OH is 4. The molecule has 0 amide bonds. The van der Waals surface area contributed by atoms with Crippen molar-refractivity contribution in [2.45, 2.75) is 134 Å². The van der Waals surface area contributed by atoms with E-state index in [1.807, 2.05) is 6.92 Å². The molecule has 0 bridgehead atoms. The molecule has 1 fully saturated rings. The van der Waals surface area contributed by atoms with E-state index < -0.39 is 37.3 Å². The number of hydrogen-bond acceptors (Lipinski definition) is 6.